The van der Waals surface area contributed by atoms with Gasteiger partial charge in [-0.25, -0.2) is 0 Å². The number of alkyl halides is 3. The van der Waals surface area contributed by atoms with Crippen LogP contribution in [-0.4, -0.2) is 5.91 Å². The lowest BCUT2D eigenvalue weighted by Gasteiger charge is -2.11. The molecular weight excluding hydrogens is 507 g/mol. The maximum atomic E-state index is 13.0. The molecule has 0 saturated heterocycles. The second kappa shape index (κ2) is 8.65. The van der Waals surface area contributed by atoms with Crippen LogP contribution < -0.4 is 10.1 Å². The topological polar surface area (TPSA) is 38.3 Å². The molecule has 0 saturated carbocycles. The van der Waals surface area contributed by atoms with E-state index in [1.165, 1.54) is 6.07 Å². The van der Waals surface area contributed by atoms with Crippen molar-refractivity contribution in [3.63, 3.8) is 0 Å². The first kappa shape index (κ1) is 22.2. The molecule has 0 radical (unpaired) electrons. The van der Waals surface area contributed by atoms with Crippen LogP contribution in [-0.2, 0) is 17.6 Å². The van der Waals surface area contributed by atoms with Gasteiger partial charge in [-0.15, -0.1) is 0 Å². The molecule has 3 nitrogen and oxygen atoms in total. The molecule has 0 bridgehead atoms. The average Bonchev–Trinajstić information content (AvgIpc) is 3.12. The van der Waals surface area contributed by atoms with E-state index in [1.807, 2.05) is 24.3 Å². The van der Waals surface area contributed by atoms with Crippen molar-refractivity contribution < 1.29 is 22.7 Å². The number of ether oxygens (including phenoxy) is 1. The molecule has 4 aromatic carbocycles. The summed E-state index contributed by atoms with van der Waals surface area (Å²) in [4.78, 5) is 12.4. The second-order valence-electron chi connectivity index (χ2n) is 7.89. The monoisotopic (exact) mass is 523 g/mol. The number of rotatable bonds is 4. The van der Waals surface area contributed by atoms with Crippen LogP contribution in [0.1, 0.15) is 22.3 Å². The highest BCUT2D eigenvalue weighted by Crippen LogP contribution is 2.39. The van der Waals surface area contributed by atoms with Crippen LogP contribution in [0.3, 0.4) is 0 Å². The summed E-state index contributed by atoms with van der Waals surface area (Å²) in [5.74, 6) is 0.197. The first-order valence-corrected chi connectivity index (χ1v) is 11.2. The van der Waals surface area contributed by atoms with E-state index < -0.39 is 17.6 Å². The van der Waals surface area contributed by atoms with Gasteiger partial charge in [0.25, 0.3) is 5.91 Å². The van der Waals surface area contributed by atoms with Crippen molar-refractivity contribution in [2.24, 2.45) is 0 Å². The molecule has 4 aromatic rings. The highest BCUT2D eigenvalue weighted by molar-refractivity contribution is 9.10. The summed E-state index contributed by atoms with van der Waals surface area (Å²) in [6.45, 7) is 0.387. The Hall–Kier alpha value is -3.58. The SMILES string of the molecule is O=C1Nc2cc(C(F)(F)F)ccc2/C1=C\c1ccc(OCc2cccc3ccccc23)c(Br)c1. The lowest BCUT2D eigenvalue weighted by Crippen LogP contribution is -2.06. The smallest absolute Gasteiger partial charge is 0.416 e. The largest absolute Gasteiger partial charge is 0.488 e. The van der Waals surface area contributed by atoms with Crippen molar-refractivity contribution in [2.75, 3.05) is 5.32 Å². The number of hydrogen-bond donors (Lipinski definition) is 1. The number of amides is 1. The molecule has 0 spiro atoms. The van der Waals surface area contributed by atoms with E-state index in [9.17, 15) is 18.0 Å². The minimum atomic E-state index is -4.47. The van der Waals surface area contributed by atoms with Gasteiger partial charge in [-0.1, -0.05) is 54.6 Å². The molecule has 0 atom stereocenters. The molecule has 1 aliphatic heterocycles. The van der Waals surface area contributed by atoms with Crippen LogP contribution in [0.5, 0.6) is 5.75 Å². The molecule has 1 N–H and O–H groups in total. The van der Waals surface area contributed by atoms with Crippen LogP contribution in [0.4, 0.5) is 18.9 Å². The average molecular weight is 524 g/mol. The Kier molecular flexibility index (Phi) is 5.65. The van der Waals surface area contributed by atoms with Crippen molar-refractivity contribution in [2.45, 2.75) is 12.8 Å². The number of benzene rings is 4. The first-order chi connectivity index (χ1) is 16.3. The van der Waals surface area contributed by atoms with Gasteiger partial charge in [-0.3, -0.25) is 4.79 Å². The van der Waals surface area contributed by atoms with Crippen LogP contribution in [0, 0.1) is 0 Å². The van der Waals surface area contributed by atoms with Gasteiger partial charge in [0.15, 0.2) is 0 Å². The summed E-state index contributed by atoms with van der Waals surface area (Å²) in [6, 6.07) is 22.8. The molecule has 7 heteroatoms. The van der Waals surface area contributed by atoms with E-state index in [0.29, 0.717) is 33.5 Å². The molecule has 0 unspecified atom stereocenters. The summed E-state index contributed by atoms with van der Waals surface area (Å²) < 4.78 is 45.7. The van der Waals surface area contributed by atoms with Crippen LogP contribution in [0.2, 0.25) is 0 Å². The molecule has 1 heterocycles. The minimum absolute atomic E-state index is 0.153. The van der Waals surface area contributed by atoms with Gasteiger partial charge in [0.1, 0.15) is 12.4 Å². The molecule has 5 rings (SSSR count). The van der Waals surface area contributed by atoms with E-state index in [1.54, 1.807) is 24.3 Å². The highest BCUT2D eigenvalue weighted by Gasteiger charge is 2.33. The van der Waals surface area contributed by atoms with Crippen LogP contribution in [0.25, 0.3) is 22.4 Å². The van der Waals surface area contributed by atoms with Gasteiger partial charge in [0.05, 0.1) is 10.0 Å². The Bertz CT molecular complexity index is 1450. The molecule has 34 heavy (non-hydrogen) atoms. The third-order valence-corrected chi connectivity index (χ3v) is 6.28. The van der Waals surface area contributed by atoms with Crippen LogP contribution in [0.15, 0.2) is 83.3 Å². The summed E-state index contributed by atoms with van der Waals surface area (Å²) in [6.07, 6.45) is -2.83. The number of carbonyl (C=O) groups excluding carboxylic acids is 1. The molecule has 170 valence electrons. The fourth-order valence-corrected chi connectivity index (χ4v) is 4.49. The molecule has 0 fully saturated rings. The Labute approximate surface area is 202 Å². The fourth-order valence-electron chi connectivity index (χ4n) is 3.98. The van der Waals surface area contributed by atoms with Crippen molar-refractivity contribution >= 4 is 49.9 Å². The van der Waals surface area contributed by atoms with E-state index in [0.717, 1.165) is 28.5 Å². The van der Waals surface area contributed by atoms with Gasteiger partial charge in [0.2, 0.25) is 0 Å². The summed E-state index contributed by atoms with van der Waals surface area (Å²) >= 11 is 3.52. The maximum absolute atomic E-state index is 13.0. The van der Waals surface area contributed by atoms with E-state index in [2.05, 4.69) is 39.4 Å². The number of anilines is 1. The predicted octanol–water partition coefficient (Wildman–Crippen LogP) is 7.69. The molecule has 1 amide bonds. The quantitative estimate of drug-likeness (QED) is 0.278. The van der Waals surface area contributed by atoms with Crippen molar-refractivity contribution in [1.29, 1.82) is 0 Å². The number of hydrogen-bond acceptors (Lipinski definition) is 2. The van der Waals surface area contributed by atoms with Gasteiger partial charge in [0, 0.05) is 16.8 Å². The number of halogens is 4. The maximum Gasteiger partial charge on any atom is 0.416 e. The zero-order valence-corrected chi connectivity index (χ0v) is 19.2. The van der Waals surface area contributed by atoms with E-state index >= 15 is 0 Å². The molecule has 0 aliphatic carbocycles. The summed E-state index contributed by atoms with van der Waals surface area (Å²) in [5.41, 5.74) is 1.87. The van der Waals surface area contributed by atoms with E-state index in [4.69, 9.17) is 4.74 Å². The highest BCUT2D eigenvalue weighted by atomic mass is 79.9. The van der Waals surface area contributed by atoms with Crippen LogP contribution >= 0.6 is 15.9 Å². The zero-order chi connectivity index (χ0) is 23.9. The van der Waals surface area contributed by atoms with Gasteiger partial charge >= 0.3 is 6.18 Å². The van der Waals surface area contributed by atoms with Gasteiger partial charge in [-0.05, 0) is 68.2 Å². The van der Waals surface area contributed by atoms with Crippen molar-refractivity contribution in [3.8, 4) is 5.75 Å². The number of nitrogens with one attached hydrogen (secondary N) is 1. The third-order valence-electron chi connectivity index (χ3n) is 5.66. The van der Waals surface area contributed by atoms with E-state index in [-0.39, 0.29) is 5.69 Å². The number of fused-ring (bicyclic) bond motifs is 2. The predicted molar refractivity (Wildman–Crippen MR) is 130 cm³/mol. The lowest BCUT2D eigenvalue weighted by molar-refractivity contribution is -0.137. The van der Waals surface area contributed by atoms with Gasteiger partial charge in [-0.2, -0.15) is 13.2 Å². The van der Waals surface area contributed by atoms with Crippen molar-refractivity contribution in [3.05, 3.63) is 106 Å². The van der Waals surface area contributed by atoms with Gasteiger partial charge < -0.3 is 10.1 Å². The fraction of sp³-hybridized carbons (Fsp3) is 0.0741. The zero-order valence-electron chi connectivity index (χ0n) is 17.6. The summed E-state index contributed by atoms with van der Waals surface area (Å²) in [7, 11) is 0. The number of carbonyl (C=O) groups is 1. The molecular formula is C27H17BrF3NO2. The van der Waals surface area contributed by atoms with Crippen molar-refractivity contribution in [1.82, 2.24) is 0 Å². The molecule has 0 aromatic heterocycles. The third kappa shape index (κ3) is 4.31. The lowest BCUT2D eigenvalue weighted by atomic mass is 10.0. The Morgan fingerprint density at radius 1 is 0.941 bits per heavy atom. The molecule has 1 aliphatic rings. The second-order valence-corrected chi connectivity index (χ2v) is 8.74. The Morgan fingerprint density at radius 3 is 2.53 bits per heavy atom. The normalized spacial score (nSPS) is 14.4. The Balaban J connectivity index is 1.38. The summed E-state index contributed by atoms with van der Waals surface area (Å²) in [5, 5.41) is 4.78. The minimum Gasteiger partial charge on any atom is -0.488 e. The standard InChI is InChI=1S/C27H17BrF3NO2/c28-23-13-16(12-22-21-10-9-19(27(29,30)31)14-24(21)32-26(22)33)8-11-25(23)34-15-18-6-3-5-17-4-1-2-7-20(17)18/h1-14H,15H2,(H,32,33)/b22-12+. The Morgan fingerprint density at radius 2 is 1.74 bits per heavy atom. The first-order valence-electron chi connectivity index (χ1n) is 10.4.